The van der Waals surface area contributed by atoms with Crippen molar-refractivity contribution in [2.24, 2.45) is 7.05 Å². The van der Waals surface area contributed by atoms with E-state index in [0.29, 0.717) is 11.1 Å². The number of ether oxygens (including phenoxy) is 1. The maximum Gasteiger partial charge on any atom is 0.422 e. The zero-order chi connectivity index (χ0) is 15.8. The first-order valence-corrected chi connectivity index (χ1v) is 6.41. The number of hydrogen-bond donors (Lipinski definition) is 1. The molecule has 0 aliphatic heterocycles. The van der Waals surface area contributed by atoms with Crippen molar-refractivity contribution in [3.05, 3.63) is 40.4 Å². The Kier molecular flexibility index (Phi) is 3.63. The van der Waals surface area contributed by atoms with Crippen LogP contribution in [0, 0.1) is 0 Å². The van der Waals surface area contributed by atoms with Gasteiger partial charge in [-0.2, -0.15) is 0 Å². The van der Waals surface area contributed by atoms with Crippen molar-refractivity contribution in [2.75, 3.05) is 0 Å². The first kappa shape index (κ1) is 14.9. The lowest BCUT2D eigenvalue weighted by atomic mass is 10.1. The minimum absolute atomic E-state index is 0.0678. The summed E-state index contributed by atoms with van der Waals surface area (Å²) >= 11 is 0. The number of aromatic hydroxyl groups is 1. The Labute approximate surface area is 121 Å². The Morgan fingerprint density at radius 1 is 1.24 bits per heavy atom. The average Bonchev–Trinajstić information content (AvgIpc) is 2.65. The van der Waals surface area contributed by atoms with Gasteiger partial charge in [-0.25, -0.2) is 14.2 Å². The molecule has 1 aromatic carbocycles. The Hall–Kier alpha value is -2.50. The van der Waals surface area contributed by atoms with E-state index in [4.69, 9.17) is 9.15 Å². The zero-order valence-electron chi connectivity index (χ0n) is 12.3. The molecule has 6 heteroatoms. The van der Waals surface area contributed by atoms with Crippen molar-refractivity contribution >= 4 is 5.97 Å². The van der Waals surface area contributed by atoms with E-state index in [0.717, 1.165) is 4.57 Å². The molecule has 0 amide bonds. The lowest BCUT2D eigenvalue weighted by Gasteiger charge is -2.19. The summed E-state index contributed by atoms with van der Waals surface area (Å²) in [7, 11) is 1.40. The summed E-state index contributed by atoms with van der Waals surface area (Å²) < 4.78 is 11.2. The van der Waals surface area contributed by atoms with Crippen LogP contribution in [0.15, 0.2) is 33.5 Å². The summed E-state index contributed by atoms with van der Waals surface area (Å²) in [5.74, 6) is -1.28. The van der Waals surface area contributed by atoms with Gasteiger partial charge in [-0.1, -0.05) is 12.1 Å². The van der Waals surface area contributed by atoms with Gasteiger partial charge in [-0.05, 0) is 32.9 Å². The van der Waals surface area contributed by atoms with Crippen LogP contribution in [-0.2, 0) is 11.8 Å². The maximum atomic E-state index is 11.9. The predicted molar refractivity (Wildman–Crippen MR) is 76.2 cm³/mol. The Morgan fingerprint density at radius 2 is 1.81 bits per heavy atom. The summed E-state index contributed by atoms with van der Waals surface area (Å²) in [5, 5.41) is 9.78. The molecular formula is C15H17NO5. The van der Waals surface area contributed by atoms with Crippen LogP contribution in [0.25, 0.3) is 11.3 Å². The van der Waals surface area contributed by atoms with E-state index >= 15 is 0 Å². The normalized spacial score (nSPS) is 11.4. The molecule has 6 nitrogen and oxygen atoms in total. The fourth-order valence-electron chi connectivity index (χ4n) is 1.72. The third kappa shape index (κ3) is 3.16. The molecule has 0 atom stereocenters. The predicted octanol–water partition coefficient (Wildman–Crippen LogP) is 2.31. The molecule has 0 unspecified atom stereocenters. The summed E-state index contributed by atoms with van der Waals surface area (Å²) in [6, 6.07) is 6.26. The summed E-state index contributed by atoms with van der Waals surface area (Å²) in [6.07, 6.45) is 0. The first-order chi connectivity index (χ1) is 9.69. The standard InChI is InChI=1S/C15H17NO5/c1-15(2,3)21-13(18)10-7-5-9(6-8-10)11-12(17)16(4)14(19)20-11/h5-8,17H,1-4H3. The molecule has 0 bridgehead atoms. The van der Waals surface area contributed by atoms with Crippen molar-refractivity contribution < 1.29 is 19.1 Å². The van der Waals surface area contributed by atoms with Crippen LogP contribution in [0.4, 0.5) is 0 Å². The number of carbonyl (C=O) groups is 1. The van der Waals surface area contributed by atoms with Gasteiger partial charge < -0.3 is 14.3 Å². The average molecular weight is 291 g/mol. The van der Waals surface area contributed by atoms with Crippen LogP contribution in [0.2, 0.25) is 0 Å². The Bertz CT molecular complexity index is 716. The van der Waals surface area contributed by atoms with Crippen LogP contribution >= 0.6 is 0 Å². The van der Waals surface area contributed by atoms with E-state index in [1.165, 1.54) is 7.05 Å². The van der Waals surface area contributed by atoms with Crippen LogP contribution in [0.5, 0.6) is 5.88 Å². The third-order valence-corrected chi connectivity index (χ3v) is 2.77. The van der Waals surface area contributed by atoms with Gasteiger partial charge in [-0.15, -0.1) is 0 Å². The molecule has 1 heterocycles. The van der Waals surface area contributed by atoms with E-state index in [1.54, 1.807) is 45.0 Å². The SMILES string of the molecule is Cn1c(O)c(-c2ccc(C(=O)OC(C)(C)C)cc2)oc1=O. The maximum absolute atomic E-state index is 11.9. The number of aromatic nitrogens is 1. The topological polar surface area (TPSA) is 81.7 Å². The monoisotopic (exact) mass is 291 g/mol. The fourth-order valence-corrected chi connectivity index (χ4v) is 1.72. The largest absolute Gasteiger partial charge is 0.492 e. The van der Waals surface area contributed by atoms with Crippen molar-refractivity contribution in [1.82, 2.24) is 4.57 Å². The van der Waals surface area contributed by atoms with Crippen molar-refractivity contribution in [1.29, 1.82) is 0 Å². The molecule has 0 aliphatic rings. The van der Waals surface area contributed by atoms with Gasteiger partial charge in [0.25, 0.3) is 0 Å². The quantitative estimate of drug-likeness (QED) is 0.859. The molecule has 0 saturated carbocycles. The lowest BCUT2D eigenvalue weighted by molar-refractivity contribution is 0.00695. The molecule has 0 radical (unpaired) electrons. The van der Waals surface area contributed by atoms with Gasteiger partial charge in [0.05, 0.1) is 5.56 Å². The smallest absolute Gasteiger partial charge is 0.422 e. The molecule has 2 rings (SSSR count). The highest BCUT2D eigenvalue weighted by atomic mass is 16.6. The molecule has 1 N–H and O–H groups in total. The van der Waals surface area contributed by atoms with Gasteiger partial charge >= 0.3 is 11.7 Å². The molecule has 0 saturated heterocycles. The van der Waals surface area contributed by atoms with Crippen LogP contribution in [0.3, 0.4) is 0 Å². The van der Waals surface area contributed by atoms with E-state index in [1.807, 2.05) is 0 Å². The highest BCUT2D eigenvalue weighted by Crippen LogP contribution is 2.27. The number of hydrogen-bond acceptors (Lipinski definition) is 5. The van der Waals surface area contributed by atoms with Crippen LogP contribution < -0.4 is 5.76 Å². The summed E-state index contributed by atoms with van der Waals surface area (Å²) in [4.78, 5) is 23.2. The third-order valence-electron chi connectivity index (χ3n) is 2.77. The summed E-state index contributed by atoms with van der Waals surface area (Å²) in [6.45, 7) is 5.36. The Morgan fingerprint density at radius 3 is 2.24 bits per heavy atom. The zero-order valence-corrected chi connectivity index (χ0v) is 12.3. The molecule has 2 aromatic rings. The second-order valence-corrected chi connectivity index (χ2v) is 5.66. The highest BCUT2D eigenvalue weighted by molar-refractivity contribution is 5.90. The van der Waals surface area contributed by atoms with Gasteiger partial charge in [0.1, 0.15) is 5.60 Å². The number of rotatable bonds is 2. The van der Waals surface area contributed by atoms with E-state index in [2.05, 4.69) is 0 Å². The van der Waals surface area contributed by atoms with Crippen LogP contribution in [-0.4, -0.2) is 21.2 Å². The van der Waals surface area contributed by atoms with Gasteiger partial charge in [0.2, 0.25) is 5.88 Å². The van der Waals surface area contributed by atoms with E-state index in [-0.39, 0.29) is 11.6 Å². The van der Waals surface area contributed by atoms with Crippen LogP contribution in [0.1, 0.15) is 31.1 Å². The fraction of sp³-hybridized carbons (Fsp3) is 0.333. The first-order valence-electron chi connectivity index (χ1n) is 6.41. The van der Waals surface area contributed by atoms with Crippen molar-refractivity contribution in [3.8, 4) is 17.2 Å². The number of carbonyl (C=O) groups excluding carboxylic acids is 1. The van der Waals surface area contributed by atoms with E-state index < -0.39 is 17.3 Å². The number of esters is 1. The Balaban J connectivity index is 2.29. The molecule has 0 aliphatic carbocycles. The number of oxazole rings is 1. The minimum Gasteiger partial charge on any atom is -0.492 e. The molecule has 112 valence electrons. The van der Waals surface area contributed by atoms with Gasteiger partial charge in [0, 0.05) is 12.6 Å². The second kappa shape index (κ2) is 5.12. The number of benzene rings is 1. The number of nitrogens with zero attached hydrogens (tertiary/aromatic N) is 1. The van der Waals surface area contributed by atoms with Crippen molar-refractivity contribution in [3.63, 3.8) is 0 Å². The molecule has 0 spiro atoms. The minimum atomic E-state index is -0.654. The van der Waals surface area contributed by atoms with Gasteiger partial charge in [0.15, 0.2) is 5.76 Å². The molecular weight excluding hydrogens is 274 g/mol. The molecule has 0 fully saturated rings. The molecule has 1 aromatic heterocycles. The summed E-state index contributed by atoms with van der Waals surface area (Å²) in [5.41, 5.74) is 0.309. The van der Waals surface area contributed by atoms with Gasteiger partial charge in [-0.3, -0.25) is 0 Å². The molecule has 21 heavy (non-hydrogen) atoms. The van der Waals surface area contributed by atoms with Crippen molar-refractivity contribution in [2.45, 2.75) is 26.4 Å². The van der Waals surface area contributed by atoms with E-state index in [9.17, 15) is 14.7 Å². The lowest BCUT2D eigenvalue weighted by Crippen LogP contribution is -2.23. The second-order valence-electron chi connectivity index (χ2n) is 5.66. The highest BCUT2D eigenvalue weighted by Gasteiger charge is 2.19.